The summed E-state index contributed by atoms with van der Waals surface area (Å²) in [6, 6.07) is 14.5. The van der Waals surface area contributed by atoms with Gasteiger partial charge in [-0.05, 0) is 55.2 Å². The van der Waals surface area contributed by atoms with Crippen LogP contribution in [-0.2, 0) is 16.2 Å². The molecule has 1 aliphatic heterocycles. The van der Waals surface area contributed by atoms with Gasteiger partial charge in [0.25, 0.3) is 5.91 Å². The molecule has 0 aliphatic carbocycles. The van der Waals surface area contributed by atoms with Gasteiger partial charge in [0.15, 0.2) is 0 Å². The number of hydrogen-bond donors (Lipinski definition) is 2. The van der Waals surface area contributed by atoms with Gasteiger partial charge in [0.1, 0.15) is 18.4 Å². The van der Waals surface area contributed by atoms with Gasteiger partial charge in [-0.25, -0.2) is 5.48 Å². The number of hydrogen-bond acceptors (Lipinski definition) is 5. The molecule has 8 heteroatoms. The molecule has 1 saturated heterocycles. The topological polar surface area (TPSA) is 91.8 Å². The van der Waals surface area contributed by atoms with E-state index in [9.17, 15) is 9.59 Å². The average molecular weight is 482 g/mol. The Morgan fingerprint density at radius 1 is 1.24 bits per heavy atom. The molecule has 4 rings (SSSR count). The second kappa shape index (κ2) is 9.99. The van der Waals surface area contributed by atoms with E-state index in [4.69, 9.17) is 21.5 Å². The van der Waals surface area contributed by atoms with Crippen LogP contribution in [0.1, 0.15) is 43.0 Å². The molecule has 2 aromatic carbocycles. The van der Waals surface area contributed by atoms with E-state index in [1.165, 1.54) is 0 Å². The van der Waals surface area contributed by atoms with Gasteiger partial charge in [-0.1, -0.05) is 43.6 Å². The molecule has 2 N–H and O–H groups in total. The number of likely N-dealkylation sites (tertiary alicyclic amines) is 1. The standard InChI is InChI=1S/C26H28ClN3O4/c1-15(2)24(25(31)29-33)30-11-10-22(26(30)32)17-4-7-20(8-5-17)34-14-18-12-16(3)28-23-13-19(27)6-9-21(18)23/h4-9,12-13,15,22,24,33H,10-11,14H2,1-3H3,(H,29,31). The maximum Gasteiger partial charge on any atom is 0.266 e. The lowest BCUT2D eigenvalue weighted by Gasteiger charge is -2.29. The first-order valence-corrected chi connectivity index (χ1v) is 11.7. The number of carbonyl (C=O) groups is 2. The number of benzene rings is 2. The van der Waals surface area contributed by atoms with Crippen molar-refractivity contribution in [2.45, 2.75) is 45.8 Å². The van der Waals surface area contributed by atoms with Crippen molar-refractivity contribution in [2.24, 2.45) is 5.92 Å². The van der Waals surface area contributed by atoms with Crippen molar-refractivity contribution in [2.75, 3.05) is 6.54 Å². The summed E-state index contributed by atoms with van der Waals surface area (Å²) < 4.78 is 6.03. The highest BCUT2D eigenvalue weighted by Crippen LogP contribution is 2.32. The fourth-order valence-corrected chi connectivity index (χ4v) is 4.82. The van der Waals surface area contributed by atoms with E-state index in [-0.39, 0.29) is 17.7 Å². The van der Waals surface area contributed by atoms with Gasteiger partial charge in [0.05, 0.1) is 11.4 Å². The molecule has 34 heavy (non-hydrogen) atoms. The van der Waals surface area contributed by atoms with Crippen LogP contribution in [0.15, 0.2) is 48.5 Å². The minimum Gasteiger partial charge on any atom is -0.489 e. The predicted molar refractivity (Wildman–Crippen MR) is 130 cm³/mol. The maximum absolute atomic E-state index is 13.1. The van der Waals surface area contributed by atoms with Crippen LogP contribution < -0.4 is 10.2 Å². The Bertz CT molecular complexity index is 1210. The van der Waals surface area contributed by atoms with E-state index in [0.717, 1.165) is 27.7 Å². The van der Waals surface area contributed by atoms with Gasteiger partial charge >= 0.3 is 0 Å². The van der Waals surface area contributed by atoms with Gasteiger partial charge in [0.2, 0.25) is 5.91 Å². The molecule has 2 atom stereocenters. The summed E-state index contributed by atoms with van der Waals surface area (Å²) in [6.45, 7) is 6.50. The molecule has 1 fully saturated rings. The normalized spacial score (nSPS) is 16.8. The lowest BCUT2D eigenvalue weighted by molar-refractivity contribution is -0.144. The minimum atomic E-state index is -0.696. The Morgan fingerprint density at radius 2 is 1.97 bits per heavy atom. The molecule has 7 nitrogen and oxygen atoms in total. The first kappa shape index (κ1) is 24.0. The van der Waals surface area contributed by atoms with Crippen molar-refractivity contribution in [3.8, 4) is 5.75 Å². The molecule has 0 spiro atoms. The number of amides is 2. The van der Waals surface area contributed by atoms with E-state index in [0.29, 0.717) is 30.3 Å². The van der Waals surface area contributed by atoms with E-state index < -0.39 is 11.9 Å². The Kier molecular flexibility index (Phi) is 7.05. The number of hydroxylamine groups is 1. The number of rotatable bonds is 7. The third-order valence-electron chi connectivity index (χ3n) is 6.25. The third-order valence-corrected chi connectivity index (χ3v) is 6.48. The SMILES string of the molecule is Cc1cc(COc2ccc(C3CCN(C(C(=O)NO)C(C)C)C3=O)cc2)c2ccc(Cl)cc2n1. The molecule has 1 aliphatic rings. The number of halogens is 1. The number of aromatic nitrogens is 1. The van der Waals surface area contributed by atoms with Gasteiger partial charge in [-0.15, -0.1) is 0 Å². The molecule has 2 heterocycles. The van der Waals surface area contributed by atoms with Crippen LogP contribution in [0.3, 0.4) is 0 Å². The summed E-state index contributed by atoms with van der Waals surface area (Å²) in [5.41, 5.74) is 5.32. The summed E-state index contributed by atoms with van der Waals surface area (Å²) in [7, 11) is 0. The fraction of sp³-hybridized carbons (Fsp3) is 0.346. The third kappa shape index (κ3) is 4.86. The number of ether oxygens (including phenoxy) is 1. The van der Waals surface area contributed by atoms with Crippen LogP contribution in [0.5, 0.6) is 5.75 Å². The van der Waals surface area contributed by atoms with Crippen LogP contribution in [0.4, 0.5) is 0 Å². The quantitative estimate of drug-likeness (QED) is 0.379. The molecule has 3 aromatic rings. The monoisotopic (exact) mass is 481 g/mol. The Labute approximate surface area is 203 Å². The summed E-state index contributed by atoms with van der Waals surface area (Å²) in [5.74, 6) is -0.405. The summed E-state index contributed by atoms with van der Waals surface area (Å²) in [6.07, 6.45) is 0.617. The zero-order valence-electron chi connectivity index (χ0n) is 19.4. The van der Waals surface area contributed by atoms with Crippen molar-refractivity contribution in [1.29, 1.82) is 0 Å². The number of aryl methyl sites for hydroxylation is 1. The van der Waals surface area contributed by atoms with Crippen LogP contribution >= 0.6 is 11.6 Å². The van der Waals surface area contributed by atoms with Crippen LogP contribution in [-0.4, -0.2) is 39.5 Å². The van der Waals surface area contributed by atoms with E-state index >= 15 is 0 Å². The highest BCUT2D eigenvalue weighted by molar-refractivity contribution is 6.31. The van der Waals surface area contributed by atoms with E-state index in [1.54, 1.807) is 10.4 Å². The summed E-state index contributed by atoms with van der Waals surface area (Å²) >= 11 is 6.11. The molecule has 0 radical (unpaired) electrons. The van der Waals surface area contributed by atoms with Crippen LogP contribution in [0, 0.1) is 12.8 Å². The highest BCUT2D eigenvalue weighted by atomic mass is 35.5. The largest absolute Gasteiger partial charge is 0.489 e. The first-order chi connectivity index (χ1) is 16.3. The summed E-state index contributed by atoms with van der Waals surface area (Å²) in [4.78, 5) is 31.3. The lowest BCUT2D eigenvalue weighted by atomic mass is 9.97. The van der Waals surface area contributed by atoms with Gasteiger partial charge in [-0.2, -0.15) is 0 Å². The maximum atomic E-state index is 13.1. The van der Waals surface area contributed by atoms with Crippen LogP contribution in [0.2, 0.25) is 5.02 Å². The Hall–Kier alpha value is -3.16. The highest BCUT2D eigenvalue weighted by Gasteiger charge is 2.40. The average Bonchev–Trinajstić information content (AvgIpc) is 3.17. The zero-order valence-corrected chi connectivity index (χ0v) is 20.2. The number of pyridine rings is 1. The Balaban J connectivity index is 1.46. The van der Waals surface area contributed by atoms with Gasteiger partial charge < -0.3 is 9.64 Å². The van der Waals surface area contributed by atoms with Gasteiger partial charge in [-0.3, -0.25) is 19.8 Å². The minimum absolute atomic E-state index is 0.103. The van der Waals surface area contributed by atoms with Crippen molar-refractivity contribution in [3.63, 3.8) is 0 Å². The fourth-order valence-electron chi connectivity index (χ4n) is 4.66. The molecule has 2 unspecified atom stereocenters. The number of nitrogens with zero attached hydrogens (tertiary/aromatic N) is 2. The van der Waals surface area contributed by atoms with Crippen molar-refractivity contribution in [1.82, 2.24) is 15.4 Å². The van der Waals surface area contributed by atoms with Crippen molar-refractivity contribution >= 4 is 34.3 Å². The molecule has 178 valence electrons. The molecular weight excluding hydrogens is 454 g/mol. The molecule has 0 bridgehead atoms. The number of carbonyl (C=O) groups excluding carboxylic acids is 2. The molecule has 2 amide bonds. The van der Waals surface area contributed by atoms with Crippen molar-refractivity contribution < 1.29 is 19.5 Å². The molecule has 0 saturated carbocycles. The first-order valence-electron chi connectivity index (χ1n) is 11.3. The van der Waals surface area contributed by atoms with Gasteiger partial charge in [0, 0.05) is 28.2 Å². The van der Waals surface area contributed by atoms with E-state index in [1.807, 2.05) is 69.3 Å². The molecular formula is C26H28ClN3O4. The number of fused-ring (bicyclic) bond motifs is 1. The van der Waals surface area contributed by atoms with Crippen LogP contribution in [0.25, 0.3) is 10.9 Å². The molecule has 1 aromatic heterocycles. The predicted octanol–water partition coefficient (Wildman–Crippen LogP) is 4.62. The van der Waals surface area contributed by atoms with Crippen molar-refractivity contribution in [3.05, 3.63) is 70.4 Å². The Morgan fingerprint density at radius 3 is 2.65 bits per heavy atom. The number of nitrogens with one attached hydrogen (secondary N) is 1. The zero-order chi connectivity index (χ0) is 24.4. The second-order valence-corrected chi connectivity index (χ2v) is 9.42. The lowest BCUT2D eigenvalue weighted by Crippen LogP contribution is -2.50. The second-order valence-electron chi connectivity index (χ2n) is 8.98. The van der Waals surface area contributed by atoms with E-state index in [2.05, 4.69) is 4.98 Å². The summed E-state index contributed by atoms with van der Waals surface area (Å²) in [5, 5.41) is 10.7. The smallest absolute Gasteiger partial charge is 0.266 e.